The minimum absolute atomic E-state index is 0.0152. The fourth-order valence-corrected chi connectivity index (χ4v) is 4.60. The number of fused-ring (bicyclic) bond motifs is 1. The highest BCUT2D eigenvalue weighted by molar-refractivity contribution is 6.01. The van der Waals surface area contributed by atoms with Gasteiger partial charge in [0.1, 0.15) is 28.9 Å². The number of ether oxygens (including phenoxy) is 3. The zero-order chi connectivity index (χ0) is 30.0. The lowest BCUT2D eigenvalue weighted by atomic mass is 10.1. The number of benzene rings is 3. The van der Waals surface area contributed by atoms with Crippen LogP contribution in [0.2, 0.25) is 0 Å². The lowest BCUT2D eigenvalue weighted by Gasteiger charge is -2.14. The molecule has 0 bridgehead atoms. The summed E-state index contributed by atoms with van der Waals surface area (Å²) in [7, 11) is 4.78. The Morgan fingerprint density at radius 2 is 1.62 bits per heavy atom. The van der Waals surface area contributed by atoms with Crippen molar-refractivity contribution >= 4 is 28.4 Å². The number of anilines is 2. The van der Waals surface area contributed by atoms with Crippen LogP contribution in [0, 0.1) is 11.6 Å². The Labute approximate surface area is 241 Å². The van der Waals surface area contributed by atoms with Gasteiger partial charge in [0.15, 0.2) is 23.1 Å². The van der Waals surface area contributed by atoms with Gasteiger partial charge in [-0.3, -0.25) is 10.3 Å². The molecule has 0 saturated heterocycles. The molecule has 2 aromatic heterocycles. The van der Waals surface area contributed by atoms with Crippen molar-refractivity contribution in [2.24, 2.45) is 7.05 Å². The highest BCUT2D eigenvalue weighted by atomic mass is 19.1. The van der Waals surface area contributed by atoms with Gasteiger partial charge < -0.3 is 24.1 Å². The summed E-state index contributed by atoms with van der Waals surface area (Å²) < 4.78 is 48.1. The molecule has 2 amide bonds. The van der Waals surface area contributed by atoms with Gasteiger partial charge in [-0.25, -0.2) is 18.6 Å². The first-order chi connectivity index (χ1) is 20.2. The maximum Gasteiger partial charge on any atom is 0.324 e. The van der Waals surface area contributed by atoms with E-state index in [0.29, 0.717) is 45.5 Å². The molecule has 11 heteroatoms. The molecule has 0 aliphatic heterocycles. The first-order valence-electron chi connectivity index (χ1n) is 13.1. The maximum absolute atomic E-state index is 15.2. The summed E-state index contributed by atoms with van der Waals surface area (Å²) in [5, 5.41) is 5.96. The summed E-state index contributed by atoms with van der Waals surface area (Å²) in [5.74, 6) is 1.09. The molecule has 0 atom stereocenters. The monoisotopic (exact) mass is 573 g/mol. The number of nitrogens with one attached hydrogen (secondary N) is 2. The second kappa shape index (κ2) is 11.7. The number of imidazole rings is 1. The average Bonchev–Trinajstić information content (AvgIpc) is 3.29. The number of carbonyl (C=O) groups excluding carboxylic acids is 1. The molecule has 0 fully saturated rings. The van der Waals surface area contributed by atoms with E-state index in [4.69, 9.17) is 14.2 Å². The largest absolute Gasteiger partial charge is 0.493 e. The lowest BCUT2D eigenvalue weighted by Crippen LogP contribution is -2.21. The van der Waals surface area contributed by atoms with E-state index in [-0.39, 0.29) is 22.9 Å². The number of rotatable bonds is 8. The molecule has 9 nitrogen and oxygen atoms in total. The summed E-state index contributed by atoms with van der Waals surface area (Å²) in [5.41, 5.74) is 1.30. The van der Waals surface area contributed by atoms with Crippen molar-refractivity contribution < 1.29 is 27.8 Å². The van der Waals surface area contributed by atoms with Crippen LogP contribution in [-0.4, -0.2) is 34.8 Å². The van der Waals surface area contributed by atoms with Gasteiger partial charge in [-0.05, 0) is 36.4 Å². The van der Waals surface area contributed by atoms with Crippen molar-refractivity contribution in [3.63, 3.8) is 0 Å². The number of hydrogen-bond acceptors (Lipinski definition) is 6. The molecule has 2 heterocycles. The Morgan fingerprint density at radius 1 is 0.881 bits per heavy atom. The average molecular weight is 574 g/mol. The number of carbonyl (C=O) groups is 1. The van der Waals surface area contributed by atoms with Crippen LogP contribution in [0.3, 0.4) is 0 Å². The Balaban J connectivity index is 1.37. The molecule has 5 aromatic rings. The van der Waals surface area contributed by atoms with Crippen LogP contribution in [0.25, 0.3) is 22.2 Å². The molecule has 0 radical (unpaired) electrons. The molecular weight excluding hydrogens is 544 g/mol. The quantitative estimate of drug-likeness (QED) is 0.200. The van der Waals surface area contributed by atoms with Crippen LogP contribution in [0.5, 0.6) is 23.0 Å². The van der Waals surface area contributed by atoms with Gasteiger partial charge in [0.25, 0.3) is 0 Å². The Kier molecular flexibility index (Phi) is 7.92. The molecule has 42 heavy (non-hydrogen) atoms. The third kappa shape index (κ3) is 5.53. The van der Waals surface area contributed by atoms with Gasteiger partial charge in [0.05, 0.1) is 19.7 Å². The molecule has 0 unspecified atom stereocenters. The van der Waals surface area contributed by atoms with Crippen LogP contribution >= 0.6 is 0 Å². The number of urea groups is 1. The fraction of sp³-hybridized carbons (Fsp3) is 0.194. The first-order valence-corrected chi connectivity index (χ1v) is 13.1. The standard InChI is InChI=1S/C31H29F2N5O4/c1-17(2)29-36-28(19-8-6-7-9-21(19)32)30(38(29)3)37-31(39)35-18-10-11-25(22(33)14-18)42-24-12-13-34-23-16-27(41-5)26(40-4)15-20(23)24/h6-17H,1-5H3,(H2,35,37,39). The highest BCUT2D eigenvalue weighted by Gasteiger charge is 2.22. The van der Waals surface area contributed by atoms with Gasteiger partial charge >= 0.3 is 6.03 Å². The van der Waals surface area contributed by atoms with E-state index >= 15 is 4.39 Å². The van der Waals surface area contributed by atoms with Crippen LogP contribution in [0.15, 0.2) is 66.9 Å². The van der Waals surface area contributed by atoms with E-state index in [0.717, 1.165) is 6.07 Å². The number of nitrogens with zero attached hydrogens (tertiary/aromatic N) is 3. The number of halogens is 2. The molecule has 0 saturated carbocycles. The second-order valence-electron chi connectivity index (χ2n) is 9.72. The predicted molar refractivity (Wildman–Crippen MR) is 157 cm³/mol. The number of aromatic nitrogens is 3. The zero-order valence-corrected chi connectivity index (χ0v) is 23.7. The van der Waals surface area contributed by atoms with Crippen molar-refractivity contribution in [1.29, 1.82) is 0 Å². The van der Waals surface area contributed by atoms with Crippen molar-refractivity contribution in [3.8, 4) is 34.3 Å². The SMILES string of the molecule is COc1cc2nccc(Oc3ccc(NC(=O)Nc4c(-c5ccccc5F)nc(C(C)C)n4C)cc3F)c2cc1OC. The van der Waals surface area contributed by atoms with E-state index in [9.17, 15) is 9.18 Å². The topological polar surface area (TPSA) is 99.5 Å². The highest BCUT2D eigenvalue weighted by Crippen LogP contribution is 2.38. The Morgan fingerprint density at radius 3 is 2.31 bits per heavy atom. The Bertz CT molecular complexity index is 1790. The van der Waals surface area contributed by atoms with Gasteiger partial charge in [-0.1, -0.05) is 26.0 Å². The zero-order valence-electron chi connectivity index (χ0n) is 23.7. The minimum Gasteiger partial charge on any atom is -0.493 e. The van der Waals surface area contributed by atoms with Crippen LogP contribution < -0.4 is 24.8 Å². The third-order valence-corrected chi connectivity index (χ3v) is 6.62. The summed E-state index contributed by atoms with van der Waals surface area (Å²) in [6.07, 6.45) is 1.54. The van der Waals surface area contributed by atoms with Crippen molar-refractivity contribution in [2.45, 2.75) is 19.8 Å². The number of methoxy groups -OCH3 is 2. The van der Waals surface area contributed by atoms with Crippen LogP contribution in [0.4, 0.5) is 25.1 Å². The third-order valence-electron chi connectivity index (χ3n) is 6.62. The van der Waals surface area contributed by atoms with E-state index in [1.165, 1.54) is 32.4 Å². The van der Waals surface area contributed by atoms with Gasteiger partial charge in [0, 0.05) is 47.9 Å². The van der Waals surface area contributed by atoms with E-state index in [1.807, 2.05) is 13.8 Å². The normalized spacial score (nSPS) is 11.0. The van der Waals surface area contributed by atoms with E-state index < -0.39 is 17.7 Å². The molecule has 3 aromatic carbocycles. The molecule has 0 aliphatic carbocycles. The van der Waals surface area contributed by atoms with Gasteiger partial charge in [-0.2, -0.15) is 0 Å². The molecule has 0 spiro atoms. The summed E-state index contributed by atoms with van der Waals surface area (Å²) in [6, 6.07) is 14.6. The molecule has 5 rings (SSSR count). The smallest absolute Gasteiger partial charge is 0.324 e. The summed E-state index contributed by atoms with van der Waals surface area (Å²) in [4.78, 5) is 21.9. The molecule has 2 N–H and O–H groups in total. The minimum atomic E-state index is -0.701. The number of pyridine rings is 1. The van der Waals surface area contributed by atoms with Crippen molar-refractivity contribution in [3.05, 3.63) is 84.3 Å². The second-order valence-corrected chi connectivity index (χ2v) is 9.72. The number of amides is 2. The first kappa shape index (κ1) is 28.3. The maximum atomic E-state index is 15.2. The van der Waals surface area contributed by atoms with E-state index in [1.54, 1.807) is 54.2 Å². The van der Waals surface area contributed by atoms with Gasteiger partial charge in [-0.15, -0.1) is 0 Å². The fourth-order valence-electron chi connectivity index (χ4n) is 4.60. The molecule has 216 valence electrons. The summed E-state index contributed by atoms with van der Waals surface area (Å²) >= 11 is 0. The predicted octanol–water partition coefficient (Wildman–Crippen LogP) is 7.49. The molecule has 0 aliphatic rings. The Hall–Kier alpha value is -5.19. The van der Waals surface area contributed by atoms with Gasteiger partial charge in [0.2, 0.25) is 0 Å². The number of hydrogen-bond donors (Lipinski definition) is 2. The van der Waals surface area contributed by atoms with Crippen LogP contribution in [-0.2, 0) is 7.05 Å². The summed E-state index contributed by atoms with van der Waals surface area (Å²) in [6.45, 7) is 3.90. The van der Waals surface area contributed by atoms with Crippen molar-refractivity contribution in [1.82, 2.24) is 14.5 Å². The van der Waals surface area contributed by atoms with Crippen molar-refractivity contribution in [2.75, 3.05) is 24.9 Å². The van der Waals surface area contributed by atoms with Crippen LogP contribution in [0.1, 0.15) is 25.6 Å². The van der Waals surface area contributed by atoms with E-state index in [2.05, 4.69) is 20.6 Å². The molecular formula is C31H29F2N5O4. The lowest BCUT2D eigenvalue weighted by molar-refractivity contribution is 0.262.